The SMILES string of the molecule is C=C1CCC1.Cc1ccc(NC(=O)c2cccc(C(F)(F)F)c2)cc1[N+](=O)[O-]. The first-order chi connectivity index (χ1) is 13.1. The third-order valence-corrected chi connectivity index (χ3v) is 4.18. The van der Waals surface area contributed by atoms with E-state index in [1.807, 2.05) is 0 Å². The van der Waals surface area contributed by atoms with Crippen molar-refractivity contribution in [3.05, 3.63) is 81.4 Å². The summed E-state index contributed by atoms with van der Waals surface area (Å²) < 4.78 is 37.9. The molecule has 2 aromatic carbocycles. The van der Waals surface area contributed by atoms with Gasteiger partial charge in [0.25, 0.3) is 11.6 Å². The van der Waals surface area contributed by atoms with Crippen molar-refractivity contribution in [2.45, 2.75) is 32.4 Å². The van der Waals surface area contributed by atoms with E-state index in [9.17, 15) is 28.1 Å². The number of allylic oxidation sites excluding steroid dienone is 1. The van der Waals surface area contributed by atoms with E-state index in [4.69, 9.17) is 0 Å². The summed E-state index contributed by atoms with van der Waals surface area (Å²) in [6, 6.07) is 7.96. The van der Waals surface area contributed by atoms with Gasteiger partial charge in [0.05, 0.1) is 10.5 Å². The van der Waals surface area contributed by atoms with Crippen LogP contribution in [0.5, 0.6) is 0 Å². The number of nitrogens with one attached hydrogen (secondary N) is 1. The van der Waals surface area contributed by atoms with Crippen molar-refractivity contribution in [3.8, 4) is 0 Å². The Labute approximate surface area is 160 Å². The van der Waals surface area contributed by atoms with Crippen LogP contribution < -0.4 is 5.32 Å². The van der Waals surface area contributed by atoms with E-state index in [2.05, 4.69) is 11.9 Å². The second-order valence-corrected chi connectivity index (χ2v) is 6.39. The Morgan fingerprint density at radius 1 is 1.18 bits per heavy atom. The second-order valence-electron chi connectivity index (χ2n) is 6.39. The number of carbonyl (C=O) groups is 1. The number of aryl methyl sites for hydroxylation is 1. The van der Waals surface area contributed by atoms with E-state index < -0.39 is 22.6 Å². The molecule has 1 aliphatic rings. The fourth-order valence-electron chi connectivity index (χ4n) is 2.35. The lowest BCUT2D eigenvalue weighted by molar-refractivity contribution is -0.385. The Kier molecular flexibility index (Phi) is 6.56. The molecular weight excluding hydrogens is 373 g/mol. The van der Waals surface area contributed by atoms with Gasteiger partial charge in [-0.2, -0.15) is 13.2 Å². The summed E-state index contributed by atoms with van der Waals surface area (Å²) in [5, 5.41) is 13.2. The molecule has 1 aliphatic carbocycles. The minimum atomic E-state index is -4.56. The van der Waals surface area contributed by atoms with Gasteiger partial charge < -0.3 is 5.32 Å². The maximum absolute atomic E-state index is 12.6. The van der Waals surface area contributed by atoms with Crippen molar-refractivity contribution in [2.75, 3.05) is 5.32 Å². The summed E-state index contributed by atoms with van der Waals surface area (Å²) in [6.07, 6.45) is -0.586. The zero-order valence-electron chi connectivity index (χ0n) is 15.2. The normalized spacial score (nSPS) is 13.1. The summed E-state index contributed by atoms with van der Waals surface area (Å²) in [5.41, 5.74) is 0.650. The van der Waals surface area contributed by atoms with Crippen molar-refractivity contribution >= 4 is 17.3 Å². The molecule has 148 valence electrons. The number of benzene rings is 2. The minimum Gasteiger partial charge on any atom is -0.322 e. The number of nitro benzene ring substituents is 1. The molecule has 0 atom stereocenters. The van der Waals surface area contributed by atoms with Gasteiger partial charge in [-0.05, 0) is 50.5 Å². The second kappa shape index (κ2) is 8.69. The number of nitrogens with zero attached hydrogens (tertiary/aromatic N) is 1. The third kappa shape index (κ3) is 5.67. The van der Waals surface area contributed by atoms with Gasteiger partial charge in [-0.3, -0.25) is 14.9 Å². The van der Waals surface area contributed by atoms with Gasteiger partial charge in [0, 0.05) is 22.9 Å². The van der Waals surface area contributed by atoms with Crippen LogP contribution in [-0.4, -0.2) is 10.8 Å². The fourth-order valence-corrected chi connectivity index (χ4v) is 2.35. The summed E-state index contributed by atoms with van der Waals surface area (Å²) in [6.45, 7) is 5.30. The van der Waals surface area contributed by atoms with Crippen molar-refractivity contribution in [2.24, 2.45) is 0 Å². The topological polar surface area (TPSA) is 72.2 Å². The Hall–Kier alpha value is -3.16. The average Bonchev–Trinajstić information content (AvgIpc) is 2.61. The highest BCUT2D eigenvalue weighted by Crippen LogP contribution is 2.30. The molecule has 1 fully saturated rings. The number of hydrogen-bond acceptors (Lipinski definition) is 3. The first-order valence-corrected chi connectivity index (χ1v) is 8.48. The average molecular weight is 392 g/mol. The monoisotopic (exact) mass is 392 g/mol. The zero-order valence-corrected chi connectivity index (χ0v) is 15.2. The standard InChI is InChI=1S/C15H11F3N2O3.C5H8/c1-9-5-6-12(8-13(9)20(22)23)19-14(21)10-3-2-4-11(7-10)15(16,17)18;1-5-3-2-4-5/h2-8H,1H3,(H,19,21);1-4H2. The number of halogens is 3. The minimum absolute atomic E-state index is 0.129. The third-order valence-electron chi connectivity index (χ3n) is 4.18. The number of amides is 1. The first-order valence-electron chi connectivity index (χ1n) is 8.48. The molecule has 8 heteroatoms. The van der Waals surface area contributed by atoms with Gasteiger partial charge in [-0.25, -0.2) is 0 Å². The molecule has 1 N–H and O–H groups in total. The van der Waals surface area contributed by atoms with Crippen LogP contribution >= 0.6 is 0 Å². The molecule has 0 aliphatic heterocycles. The number of carbonyl (C=O) groups excluding carboxylic acids is 1. The summed E-state index contributed by atoms with van der Waals surface area (Å²) in [4.78, 5) is 22.3. The molecule has 0 radical (unpaired) electrons. The molecule has 1 amide bonds. The highest BCUT2D eigenvalue weighted by atomic mass is 19.4. The molecule has 5 nitrogen and oxygen atoms in total. The first kappa shape index (κ1) is 21.1. The lowest BCUT2D eigenvalue weighted by atomic mass is 9.95. The molecule has 0 unspecified atom stereocenters. The Balaban J connectivity index is 0.000000485. The quantitative estimate of drug-likeness (QED) is 0.401. The van der Waals surface area contributed by atoms with E-state index in [0.717, 1.165) is 24.3 Å². The van der Waals surface area contributed by atoms with Crippen molar-refractivity contribution in [1.82, 2.24) is 0 Å². The molecule has 0 aromatic heterocycles. The van der Waals surface area contributed by atoms with Crippen LogP contribution in [0.4, 0.5) is 24.5 Å². The maximum atomic E-state index is 12.6. The van der Waals surface area contributed by atoms with Gasteiger partial charge in [-0.1, -0.05) is 24.3 Å². The van der Waals surface area contributed by atoms with Crippen molar-refractivity contribution in [1.29, 1.82) is 0 Å². The smallest absolute Gasteiger partial charge is 0.322 e. The van der Waals surface area contributed by atoms with Crippen LogP contribution in [0, 0.1) is 17.0 Å². The predicted molar refractivity (Wildman–Crippen MR) is 100 cm³/mol. The number of nitro groups is 1. The highest BCUT2D eigenvalue weighted by Gasteiger charge is 2.30. The molecule has 0 saturated heterocycles. The van der Waals surface area contributed by atoms with Gasteiger partial charge in [0.1, 0.15) is 0 Å². The molecule has 0 spiro atoms. The van der Waals surface area contributed by atoms with Crippen LogP contribution in [0.1, 0.15) is 40.7 Å². The van der Waals surface area contributed by atoms with Gasteiger partial charge in [0.2, 0.25) is 0 Å². The van der Waals surface area contributed by atoms with Crippen molar-refractivity contribution in [3.63, 3.8) is 0 Å². The number of alkyl halides is 3. The van der Waals surface area contributed by atoms with E-state index in [-0.39, 0.29) is 16.9 Å². The van der Waals surface area contributed by atoms with Gasteiger partial charge in [-0.15, -0.1) is 0 Å². The summed E-state index contributed by atoms with van der Waals surface area (Å²) >= 11 is 0. The predicted octanol–water partition coefficient (Wildman–Crippen LogP) is 5.90. The van der Waals surface area contributed by atoms with Crippen molar-refractivity contribution < 1.29 is 22.9 Å². The lowest BCUT2D eigenvalue weighted by Gasteiger charge is -2.11. The van der Waals surface area contributed by atoms with E-state index in [0.29, 0.717) is 5.56 Å². The maximum Gasteiger partial charge on any atom is 0.416 e. The zero-order chi connectivity index (χ0) is 20.9. The molecule has 2 aromatic rings. The number of anilines is 1. The van der Waals surface area contributed by atoms with E-state index in [1.54, 1.807) is 0 Å². The van der Waals surface area contributed by atoms with Crippen LogP contribution in [0.3, 0.4) is 0 Å². The molecule has 0 bridgehead atoms. The molecule has 0 heterocycles. The van der Waals surface area contributed by atoms with E-state index >= 15 is 0 Å². The molecule has 1 saturated carbocycles. The summed E-state index contributed by atoms with van der Waals surface area (Å²) in [7, 11) is 0. The summed E-state index contributed by atoms with van der Waals surface area (Å²) in [5.74, 6) is -0.783. The van der Waals surface area contributed by atoms with Crippen LogP contribution in [-0.2, 0) is 6.18 Å². The van der Waals surface area contributed by atoms with Gasteiger partial charge >= 0.3 is 6.18 Å². The molecule has 28 heavy (non-hydrogen) atoms. The highest BCUT2D eigenvalue weighted by molar-refractivity contribution is 6.04. The van der Waals surface area contributed by atoms with Gasteiger partial charge in [0.15, 0.2) is 0 Å². The van der Waals surface area contributed by atoms with E-state index in [1.165, 1.54) is 50.0 Å². The fraction of sp³-hybridized carbons (Fsp3) is 0.250. The Morgan fingerprint density at radius 3 is 2.32 bits per heavy atom. The number of hydrogen-bond donors (Lipinski definition) is 1. The Morgan fingerprint density at radius 2 is 1.82 bits per heavy atom. The largest absolute Gasteiger partial charge is 0.416 e. The molecule has 3 rings (SSSR count). The van der Waals surface area contributed by atoms with Crippen LogP contribution in [0.15, 0.2) is 54.6 Å². The number of rotatable bonds is 3. The lowest BCUT2D eigenvalue weighted by Crippen LogP contribution is -2.14. The Bertz CT molecular complexity index is 902. The van der Waals surface area contributed by atoms with Crippen LogP contribution in [0.2, 0.25) is 0 Å². The van der Waals surface area contributed by atoms with Crippen LogP contribution in [0.25, 0.3) is 0 Å². The molecular formula is C20H19F3N2O3.